The summed E-state index contributed by atoms with van der Waals surface area (Å²) >= 11 is 1.25. The van der Waals surface area contributed by atoms with Gasteiger partial charge in [0.1, 0.15) is 11.2 Å². The average Bonchev–Trinajstić information content (AvgIpc) is 2.95. The fourth-order valence-corrected chi connectivity index (χ4v) is 3.61. The number of fused-ring (bicyclic) bond motifs is 1. The van der Waals surface area contributed by atoms with Gasteiger partial charge in [0, 0.05) is 5.69 Å². The number of amides is 1. The van der Waals surface area contributed by atoms with Crippen molar-refractivity contribution < 1.29 is 19.4 Å². The van der Waals surface area contributed by atoms with Gasteiger partial charge in [0.05, 0.1) is 22.4 Å². The minimum Gasteiger partial charge on any atom is -0.478 e. The number of nitrogens with zero attached hydrogens (tertiary/aromatic N) is 2. The fourth-order valence-electron chi connectivity index (χ4n) is 2.57. The Balaban J connectivity index is 1.99. The summed E-state index contributed by atoms with van der Waals surface area (Å²) < 4.78 is 5.53. The van der Waals surface area contributed by atoms with E-state index < -0.39 is 5.97 Å². The first kappa shape index (κ1) is 17.8. The predicted molar refractivity (Wildman–Crippen MR) is 99.4 cm³/mol. The van der Waals surface area contributed by atoms with E-state index in [9.17, 15) is 9.59 Å². The van der Waals surface area contributed by atoms with E-state index in [0.29, 0.717) is 27.9 Å². The highest BCUT2D eigenvalue weighted by atomic mass is 32.1. The number of benzene rings is 1. The summed E-state index contributed by atoms with van der Waals surface area (Å²) in [7, 11) is 0. The lowest BCUT2D eigenvalue weighted by Gasteiger charge is -2.09. The molecule has 1 amide bonds. The van der Waals surface area contributed by atoms with E-state index in [1.807, 2.05) is 13.8 Å². The molecule has 0 fully saturated rings. The molecular formula is C18H17N3O4S. The van der Waals surface area contributed by atoms with Gasteiger partial charge in [-0.05, 0) is 44.0 Å². The number of hydrogen-bond donors (Lipinski definition) is 2. The van der Waals surface area contributed by atoms with Crippen LogP contribution in [0.4, 0.5) is 5.69 Å². The quantitative estimate of drug-likeness (QED) is 0.710. The summed E-state index contributed by atoms with van der Waals surface area (Å²) in [5.41, 5.74) is 2.09. The zero-order valence-corrected chi connectivity index (χ0v) is 15.3. The first-order valence-electron chi connectivity index (χ1n) is 7.94. The van der Waals surface area contributed by atoms with Gasteiger partial charge in [-0.15, -0.1) is 11.3 Å². The smallest absolute Gasteiger partial charge is 0.335 e. The van der Waals surface area contributed by atoms with Crippen LogP contribution in [0.2, 0.25) is 0 Å². The Bertz CT molecular complexity index is 1010. The third kappa shape index (κ3) is 3.23. The summed E-state index contributed by atoms with van der Waals surface area (Å²) in [5.74, 6) is -0.914. The molecule has 7 nitrogen and oxygen atoms in total. The van der Waals surface area contributed by atoms with Gasteiger partial charge in [0.25, 0.3) is 5.91 Å². The number of anilines is 1. The number of thiophene rings is 1. The van der Waals surface area contributed by atoms with Crippen LogP contribution in [0.5, 0.6) is 5.88 Å². The van der Waals surface area contributed by atoms with E-state index in [4.69, 9.17) is 9.84 Å². The summed E-state index contributed by atoms with van der Waals surface area (Å²) in [5, 5.41) is 12.6. The highest BCUT2D eigenvalue weighted by Gasteiger charge is 2.20. The number of nitrogens with one attached hydrogen (secondary N) is 1. The van der Waals surface area contributed by atoms with Crippen LogP contribution in [0.1, 0.15) is 38.1 Å². The van der Waals surface area contributed by atoms with E-state index >= 15 is 0 Å². The van der Waals surface area contributed by atoms with Crippen LogP contribution < -0.4 is 10.1 Å². The molecule has 8 heteroatoms. The number of aromatic carboxylic acids is 1. The van der Waals surface area contributed by atoms with Crippen molar-refractivity contribution >= 4 is 39.1 Å². The van der Waals surface area contributed by atoms with Crippen molar-refractivity contribution in [3.8, 4) is 5.88 Å². The maximum Gasteiger partial charge on any atom is 0.335 e. The summed E-state index contributed by atoms with van der Waals surface area (Å²) in [4.78, 5) is 33.4. The summed E-state index contributed by atoms with van der Waals surface area (Å²) in [6.07, 6.45) is 1.41. The summed E-state index contributed by atoms with van der Waals surface area (Å²) in [6, 6.07) is 4.61. The Hall–Kier alpha value is -3.00. The Kier molecular flexibility index (Phi) is 4.85. The topological polar surface area (TPSA) is 101 Å². The van der Waals surface area contributed by atoms with Crippen molar-refractivity contribution in [3.05, 3.63) is 46.1 Å². The van der Waals surface area contributed by atoms with Gasteiger partial charge in [0.2, 0.25) is 5.88 Å². The number of hydrogen-bond acceptors (Lipinski definition) is 6. The molecular weight excluding hydrogens is 354 g/mol. The molecule has 0 unspecified atom stereocenters. The van der Waals surface area contributed by atoms with Crippen molar-refractivity contribution in [3.63, 3.8) is 0 Å². The lowest BCUT2D eigenvalue weighted by Crippen LogP contribution is -2.13. The van der Waals surface area contributed by atoms with Crippen LogP contribution in [-0.2, 0) is 0 Å². The molecule has 0 saturated carbocycles. The molecule has 1 aromatic carbocycles. The number of carbonyl (C=O) groups excluding carboxylic acids is 1. The third-order valence-corrected chi connectivity index (χ3v) is 5.11. The predicted octanol–water partition coefficient (Wildman–Crippen LogP) is 3.66. The van der Waals surface area contributed by atoms with Gasteiger partial charge in [-0.25, -0.2) is 14.8 Å². The zero-order valence-electron chi connectivity index (χ0n) is 14.5. The minimum atomic E-state index is -1.05. The Morgan fingerprint density at radius 1 is 1.27 bits per heavy atom. The summed E-state index contributed by atoms with van der Waals surface area (Å²) in [6.45, 7) is 5.95. The molecule has 2 N–H and O–H groups in total. The molecule has 3 aromatic rings. The van der Waals surface area contributed by atoms with Crippen molar-refractivity contribution in [2.75, 3.05) is 11.9 Å². The van der Waals surface area contributed by atoms with E-state index in [2.05, 4.69) is 15.3 Å². The van der Waals surface area contributed by atoms with Crippen molar-refractivity contribution in [2.45, 2.75) is 20.8 Å². The molecule has 26 heavy (non-hydrogen) atoms. The second kappa shape index (κ2) is 7.09. The molecule has 0 radical (unpaired) electrons. The van der Waals surface area contributed by atoms with Gasteiger partial charge >= 0.3 is 5.97 Å². The minimum absolute atomic E-state index is 0.114. The molecule has 0 aliphatic rings. The normalized spacial score (nSPS) is 10.7. The number of aromatic nitrogens is 2. The van der Waals surface area contributed by atoms with Crippen molar-refractivity contribution in [1.82, 2.24) is 9.97 Å². The van der Waals surface area contributed by atoms with Crippen molar-refractivity contribution in [1.29, 1.82) is 0 Å². The van der Waals surface area contributed by atoms with E-state index in [-0.39, 0.29) is 11.5 Å². The molecule has 2 heterocycles. The SMILES string of the molecule is CCOc1ncnc2sc(C(=O)Nc3cc(C(=O)O)ccc3C)c(C)c12. The third-order valence-electron chi connectivity index (χ3n) is 3.91. The van der Waals surface area contributed by atoms with E-state index in [1.165, 1.54) is 29.8 Å². The van der Waals surface area contributed by atoms with Gasteiger partial charge in [-0.2, -0.15) is 0 Å². The van der Waals surface area contributed by atoms with Crippen LogP contribution in [0, 0.1) is 13.8 Å². The molecule has 134 valence electrons. The van der Waals surface area contributed by atoms with Crippen molar-refractivity contribution in [2.24, 2.45) is 0 Å². The number of aryl methyl sites for hydroxylation is 2. The van der Waals surface area contributed by atoms with Crippen LogP contribution in [-0.4, -0.2) is 33.6 Å². The van der Waals surface area contributed by atoms with Gasteiger partial charge < -0.3 is 15.2 Å². The number of carboxylic acids is 1. The molecule has 3 rings (SSSR count). The second-order valence-electron chi connectivity index (χ2n) is 5.64. The van der Waals surface area contributed by atoms with Crippen LogP contribution in [0.3, 0.4) is 0 Å². The highest BCUT2D eigenvalue weighted by Crippen LogP contribution is 2.35. The largest absolute Gasteiger partial charge is 0.478 e. The molecule has 0 bridgehead atoms. The lowest BCUT2D eigenvalue weighted by atomic mass is 10.1. The molecule has 0 aliphatic carbocycles. The van der Waals surface area contributed by atoms with Gasteiger partial charge in [0.15, 0.2) is 0 Å². The van der Waals surface area contributed by atoms with E-state index in [1.54, 1.807) is 13.0 Å². The number of ether oxygens (including phenoxy) is 1. The maximum atomic E-state index is 12.8. The Morgan fingerprint density at radius 3 is 2.73 bits per heavy atom. The molecule has 0 spiro atoms. The number of carboxylic acid groups (broad SMARTS) is 1. The second-order valence-corrected chi connectivity index (χ2v) is 6.64. The van der Waals surface area contributed by atoms with E-state index in [0.717, 1.165) is 16.5 Å². The lowest BCUT2D eigenvalue weighted by molar-refractivity contribution is 0.0696. The molecule has 2 aromatic heterocycles. The Labute approximate surface area is 153 Å². The standard InChI is InChI=1S/C18H17N3O4S/c1-4-25-16-13-10(3)14(26-17(13)20-8-19-16)15(22)21-12-7-11(18(23)24)6-5-9(12)2/h5-8H,4H2,1-3H3,(H,21,22)(H,23,24). The first-order valence-corrected chi connectivity index (χ1v) is 8.76. The fraction of sp³-hybridized carbons (Fsp3) is 0.222. The maximum absolute atomic E-state index is 12.8. The first-order chi connectivity index (χ1) is 12.4. The van der Waals surface area contributed by atoms with Crippen LogP contribution in [0.15, 0.2) is 24.5 Å². The average molecular weight is 371 g/mol. The zero-order chi connectivity index (χ0) is 18.8. The van der Waals surface area contributed by atoms with Crippen LogP contribution >= 0.6 is 11.3 Å². The van der Waals surface area contributed by atoms with Gasteiger partial charge in [-0.1, -0.05) is 6.07 Å². The monoisotopic (exact) mass is 371 g/mol. The Morgan fingerprint density at radius 2 is 2.04 bits per heavy atom. The molecule has 0 aliphatic heterocycles. The number of rotatable bonds is 5. The molecule has 0 atom stereocenters. The van der Waals surface area contributed by atoms with Gasteiger partial charge in [-0.3, -0.25) is 4.79 Å². The van der Waals surface area contributed by atoms with Crippen LogP contribution in [0.25, 0.3) is 10.2 Å². The highest BCUT2D eigenvalue weighted by molar-refractivity contribution is 7.20. The molecule has 0 saturated heterocycles. The number of carbonyl (C=O) groups is 2.